The predicted molar refractivity (Wildman–Crippen MR) is 214 cm³/mol. The number of fused-ring (bicyclic) bond motifs is 6. The van der Waals surface area contributed by atoms with Crippen molar-refractivity contribution in [3.8, 4) is 45.0 Å². The van der Waals surface area contributed by atoms with E-state index in [2.05, 4.69) is 59.0 Å². The highest BCUT2D eigenvalue weighted by Gasteiger charge is 2.26. The number of sulfonamides is 2. The Labute approximate surface area is 326 Å². The van der Waals surface area contributed by atoms with Crippen molar-refractivity contribution in [3.63, 3.8) is 0 Å². The average molecular weight is 794 g/mol. The minimum Gasteiger partial charge on any atom is -0.383 e. The molecule has 3 heterocycles. The third-order valence-electron chi connectivity index (χ3n) is 10.3. The molecule has 1 fully saturated rings. The first-order valence-electron chi connectivity index (χ1n) is 18.5. The fourth-order valence-corrected chi connectivity index (χ4v) is 9.44. The molecular weight excluding hydrogens is 751 g/mol. The minimum atomic E-state index is -3.54. The Bertz CT molecular complexity index is 2550. The van der Waals surface area contributed by atoms with E-state index in [-0.39, 0.29) is 16.3 Å². The number of hydrogen-bond acceptors (Lipinski definition) is 9. The van der Waals surface area contributed by atoms with Crippen LogP contribution < -0.4 is 9.44 Å². The standard InChI is InChI=1S/C22H24N4O3S.C19H19N3O3S/c27-30(28,23-9-10-26-11-13-29-14-12-26)18-7-5-16(6-8-18)21-20-15-17-3-1-2-4-19(17)22(20)25-24-21;1-25-11-10-20-26(23,24)15-8-6-13(7-9-15)18-17-12-14-4-2-3-5-16(14)19(17)22-21-18/h1-8,23H,9-15H2,(H,24,25);2-9,20H,10-12H2,1H3,(H,21,22). The molecule has 2 aliphatic carbocycles. The van der Waals surface area contributed by atoms with E-state index in [0.29, 0.717) is 32.9 Å². The van der Waals surface area contributed by atoms with Gasteiger partial charge in [0.1, 0.15) is 0 Å². The molecule has 15 heteroatoms. The molecule has 290 valence electrons. The van der Waals surface area contributed by atoms with Crippen LogP contribution in [0.3, 0.4) is 0 Å². The molecule has 9 rings (SSSR count). The number of ether oxygens (including phenoxy) is 2. The summed E-state index contributed by atoms with van der Waals surface area (Å²) >= 11 is 0. The van der Waals surface area contributed by atoms with Gasteiger partial charge in [-0.15, -0.1) is 0 Å². The summed E-state index contributed by atoms with van der Waals surface area (Å²) < 4.78 is 65.2. The van der Waals surface area contributed by atoms with Crippen LogP contribution >= 0.6 is 0 Å². The number of rotatable bonds is 12. The van der Waals surface area contributed by atoms with Gasteiger partial charge in [0.05, 0.1) is 52.4 Å². The highest BCUT2D eigenvalue weighted by molar-refractivity contribution is 7.89. The van der Waals surface area contributed by atoms with Gasteiger partial charge in [-0.05, 0) is 35.4 Å². The molecule has 4 N–H and O–H groups in total. The molecule has 1 saturated heterocycles. The van der Waals surface area contributed by atoms with E-state index >= 15 is 0 Å². The van der Waals surface area contributed by atoms with Gasteiger partial charge in [0.25, 0.3) is 0 Å². The molecule has 0 spiro atoms. The van der Waals surface area contributed by atoms with E-state index in [1.165, 1.54) is 29.4 Å². The molecule has 0 radical (unpaired) electrons. The SMILES string of the molecule is COCCNS(=O)(=O)c1ccc(-c2n[nH]c3c2Cc2ccccc2-3)cc1.O=S(=O)(NCCN1CCOCC1)c1ccc(-c2n[nH]c3c2Cc2ccccc2-3)cc1. The monoisotopic (exact) mass is 793 g/mol. The van der Waals surface area contributed by atoms with E-state index in [1.807, 2.05) is 36.4 Å². The van der Waals surface area contributed by atoms with Gasteiger partial charge in [-0.2, -0.15) is 10.2 Å². The number of hydrogen-bond donors (Lipinski definition) is 4. The van der Waals surface area contributed by atoms with Crippen molar-refractivity contribution in [2.24, 2.45) is 0 Å². The summed E-state index contributed by atoms with van der Waals surface area (Å²) in [6.07, 6.45) is 1.66. The zero-order valence-electron chi connectivity index (χ0n) is 30.9. The van der Waals surface area contributed by atoms with Crippen LogP contribution in [0.2, 0.25) is 0 Å². The minimum absolute atomic E-state index is 0.229. The Morgan fingerprint density at radius 3 is 1.61 bits per heavy atom. The number of morpholine rings is 1. The smallest absolute Gasteiger partial charge is 0.240 e. The van der Waals surface area contributed by atoms with E-state index in [0.717, 1.165) is 71.0 Å². The molecule has 56 heavy (non-hydrogen) atoms. The Morgan fingerprint density at radius 2 is 1.12 bits per heavy atom. The van der Waals surface area contributed by atoms with Crippen molar-refractivity contribution in [3.05, 3.63) is 119 Å². The maximum atomic E-state index is 12.6. The summed E-state index contributed by atoms with van der Waals surface area (Å²) in [5.41, 5.74) is 12.9. The van der Waals surface area contributed by atoms with Crippen LogP contribution in [0.25, 0.3) is 45.0 Å². The van der Waals surface area contributed by atoms with Crippen molar-refractivity contribution in [2.45, 2.75) is 22.6 Å². The third-order valence-corrected chi connectivity index (χ3v) is 13.3. The molecule has 0 atom stereocenters. The number of methoxy groups -OCH3 is 1. The van der Waals surface area contributed by atoms with E-state index in [1.54, 1.807) is 36.4 Å². The highest BCUT2D eigenvalue weighted by atomic mass is 32.2. The maximum Gasteiger partial charge on any atom is 0.240 e. The zero-order valence-corrected chi connectivity index (χ0v) is 32.5. The van der Waals surface area contributed by atoms with Crippen molar-refractivity contribution >= 4 is 20.0 Å². The van der Waals surface area contributed by atoms with Crippen molar-refractivity contribution < 1.29 is 26.3 Å². The summed E-state index contributed by atoms with van der Waals surface area (Å²) in [5, 5.41) is 15.2. The van der Waals surface area contributed by atoms with Crippen molar-refractivity contribution in [1.82, 2.24) is 34.7 Å². The van der Waals surface area contributed by atoms with Crippen LogP contribution in [0.4, 0.5) is 0 Å². The van der Waals surface area contributed by atoms with Gasteiger partial charge in [-0.1, -0.05) is 72.8 Å². The molecule has 0 bridgehead atoms. The number of aromatic nitrogens is 4. The summed E-state index contributed by atoms with van der Waals surface area (Å²) in [5.74, 6) is 0. The first kappa shape index (κ1) is 37.9. The van der Waals surface area contributed by atoms with E-state index in [4.69, 9.17) is 9.47 Å². The van der Waals surface area contributed by atoms with Crippen LogP contribution in [0.5, 0.6) is 0 Å². The maximum absolute atomic E-state index is 12.6. The lowest BCUT2D eigenvalue weighted by atomic mass is 10.1. The van der Waals surface area contributed by atoms with Crippen LogP contribution in [-0.4, -0.2) is 102 Å². The zero-order chi connectivity index (χ0) is 38.7. The average Bonchev–Trinajstić information content (AvgIpc) is 4.00. The van der Waals surface area contributed by atoms with Crippen LogP contribution in [0.15, 0.2) is 107 Å². The number of nitrogens with one attached hydrogen (secondary N) is 4. The van der Waals surface area contributed by atoms with Crippen LogP contribution in [0, 0.1) is 0 Å². The molecule has 4 aromatic carbocycles. The van der Waals surface area contributed by atoms with Gasteiger partial charge in [0.2, 0.25) is 20.0 Å². The molecule has 0 unspecified atom stereocenters. The molecule has 0 amide bonds. The van der Waals surface area contributed by atoms with E-state index < -0.39 is 20.0 Å². The summed E-state index contributed by atoms with van der Waals surface area (Å²) in [7, 11) is -5.54. The lowest BCUT2D eigenvalue weighted by molar-refractivity contribution is 0.0390. The second-order valence-corrected chi connectivity index (χ2v) is 17.3. The largest absolute Gasteiger partial charge is 0.383 e. The number of benzene rings is 4. The molecular formula is C41H43N7O6S2. The summed E-state index contributed by atoms with van der Waals surface area (Å²) in [6, 6.07) is 30.3. The first-order chi connectivity index (χ1) is 27.2. The van der Waals surface area contributed by atoms with Crippen LogP contribution in [-0.2, 0) is 42.4 Å². The Kier molecular flexibility index (Phi) is 11.0. The van der Waals surface area contributed by atoms with Crippen molar-refractivity contribution in [1.29, 1.82) is 0 Å². The van der Waals surface area contributed by atoms with E-state index in [9.17, 15) is 16.8 Å². The molecule has 0 saturated carbocycles. The first-order valence-corrected chi connectivity index (χ1v) is 21.5. The topological polar surface area (TPSA) is 171 Å². The van der Waals surface area contributed by atoms with Crippen LogP contribution in [0.1, 0.15) is 22.3 Å². The van der Waals surface area contributed by atoms with Gasteiger partial charge < -0.3 is 9.47 Å². The lowest BCUT2D eigenvalue weighted by Gasteiger charge is -2.26. The van der Waals surface area contributed by atoms with Gasteiger partial charge >= 0.3 is 0 Å². The summed E-state index contributed by atoms with van der Waals surface area (Å²) in [6.45, 7) is 4.73. The fourth-order valence-electron chi connectivity index (χ4n) is 7.41. The number of nitrogens with zero attached hydrogens (tertiary/aromatic N) is 3. The molecule has 2 aromatic heterocycles. The fraction of sp³-hybridized carbons (Fsp3) is 0.268. The van der Waals surface area contributed by atoms with Gasteiger partial charge in [0.15, 0.2) is 0 Å². The second kappa shape index (κ2) is 16.2. The third kappa shape index (κ3) is 7.84. The van der Waals surface area contributed by atoms with Gasteiger partial charge in [0, 0.05) is 86.1 Å². The Morgan fingerprint density at radius 1 is 0.661 bits per heavy atom. The lowest BCUT2D eigenvalue weighted by Crippen LogP contribution is -2.41. The molecule has 1 aliphatic heterocycles. The number of aromatic amines is 2. The van der Waals surface area contributed by atoms with Gasteiger partial charge in [-0.3, -0.25) is 15.1 Å². The predicted octanol–water partition coefficient (Wildman–Crippen LogP) is 4.83. The normalized spacial score (nSPS) is 14.7. The van der Waals surface area contributed by atoms with Crippen molar-refractivity contribution in [2.75, 3.05) is 59.7 Å². The molecule has 6 aromatic rings. The molecule has 13 nitrogen and oxygen atoms in total. The quantitative estimate of drug-likeness (QED) is 0.127. The Balaban J connectivity index is 0.000000159. The second-order valence-electron chi connectivity index (χ2n) is 13.8. The van der Waals surface area contributed by atoms with Gasteiger partial charge in [-0.25, -0.2) is 26.3 Å². The number of H-pyrrole nitrogens is 2. The summed E-state index contributed by atoms with van der Waals surface area (Å²) in [4.78, 5) is 2.70. The Hall–Kier alpha value is -5.00. The molecule has 3 aliphatic rings. The highest BCUT2D eigenvalue weighted by Crippen LogP contribution is 2.41.